The van der Waals surface area contributed by atoms with Gasteiger partial charge in [-0.15, -0.1) is 0 Å². The average Bonchev–Trinajstić information content (AvgIpc) is 3.13. The van der Waals surface area contributed by atoms with E-state index in [1.54, 1.807) is 12.1 Å². The fourth-order valence-corrected chi connectivity index (χ4v) is 3.94. The van der Waals surface area contributed by atoms with Crippen LogP contribution >= 0.6 is 0 Å². The van der Waals surface area contributed by atoms with Crippen LogP contribution in [0.15, 0.2) is 23.1 Å². The molecule has 3 rings (SSSR count). The van der Waals surface area contributed by atoms with E-state index in [0.29, 0.717) is 11.5 Å². The maximum atomic E-state index is 12.2. The van der Waals surface area contributed by atoms with Crippen molar-refractivity contribution in [2.75, 3.05) is 26.2 Å². The second-order valence-electron chi connectivity index (χ2n) is 5.77. The molecule has 1 aromatic rings. The second-order valence-corrected chi connectivity index (χ2v) is 7.41. The lowest BCUT2D eigenvalue weighted by Crippen LogP contribution is -2.30. The molecule has 0 spiro atoms. The summed E-state index contributed by atoms with van der Waals surface area (Å²) in [5.74, 6) is 0. The molecular weight excluding hydrogens is 288 g/mol. The Morgan fingerprint density at radius 1 is 1.10 bits per heavy atom. The van der Waals surface area contributed by atoms with Gasteiger partial charge in [0.15, 0.2) is 0 Å². The first-order chi connectivity index (χ1) is 10.1. The van der Waals surface area contributed by atoms with Crippen LogP contribution in [-0.2, 0) is 27.7 Å². The van der Waals surface area contributed by atoms with E-state index in [1.807, 2.05) is 6.07 Å². The first-order valence-corrected chi connectivity index (χ1v) is 9.11. The third-order valence-corrected chi connectivity index (χ3v) is 5.47. The van der Waals surface area contributed by atoms with Crippen LogP contribution in [0, 0.1) is 0 Å². The van der Waals surface area contributed by atoms with Crippen LogP contribution in [0.4, 0.5) is 0 Å². The van der Waals surface area contributed by atoms with Crippen LogP contribution in [0.25, 0.3) is 0 Å². The highest BCUT2D eigenvalue weighted by Gasteiger charge is 2.19. The summed E-state index contributed by atoms with van der Waals surface area (Å²) in [6.45, 7) is 3.32. The van der Waals surface area contributed by atoms with Gasteiger partial charge >= 0.3 is 0 Å². The number of hydrogen-bond acceptors (Lipinski definition) is 4. The summed E-state index contributed by atoms with van der Waals surface area (Å²) in [7, 11) is -3.57. The molecule has 0 aromatic heterocycles. The average molecular weight is 310 g/mol. The number of nitrogens with one attached hydrogen (secondary N) is 1. The SMILES string of the molecule is O=S(=O)(NOCCN1CCCC1)c1ccc2c(c1)CCC2. The third kappa shape index (κ3) is 3.63. The molecule has 116 valence electrons. The van der Waals surface area contributed by atoms with Crippen LogP contribution in [-0.4, -0.2) is 39.6 Å². The number of hydrogen-bond donors (Lipinski definition) is 1. The molecular formula is C15H22N2O3S. The predicted octanol–water partition coefficient (Wildman–Crippen LogP) is 1.48. The molecule has 1 aliphatic heterocycles. The summed E-state index contributed by atoms with van der Waals surface area (Å²) in [5.41, 5.74) is 2.42. The van der Waals surface area contributed by atoms with Crippen LogP contribution in [0.5, 0.6) is 0 Å². The highest BCUT2D eigenvalue weighted by Crippen LogP contribution is 2.24. The number of fused-ring (bicyclic) bond motifs is 1. The van der Waals surface area contributed by atoms with Crippen LogP contribution in [0.2, 0.25) is 0 Å². The van der Waals surface area contributed by atoms with Gasteiger partial charge in [0.25, 0.3) is 10.0 Å². The van der Waals surface area contributed by atoms with Crippen molar-refractivity contribution in [1.29, 1.82) is 0 Å². The molecule has 0 radical (unpaired) electrons. The van der Waals surface area contributed by atoms with Crippen LogP contribution in [0.3, 0.4) is 0 Å². The number of benzene rings is 1. The number of aryl methyl sites for hydroxylation is 2. The number of rotatable bonds is 6. The van der Waals surface area contributed by atoms with E-state index >= 15 is 0 Å². The first-order valence-electron chi connectivity index (χ1n) is 7.63. The van der Waals surface area contributed by atoms with E-state index < -0.39 is 10.0 Å². The molecule has 0 saturated carbocycles. The summed E-state index contributed by atoms with van der Waals surface area (Å²) in [6.07, 6.45) is 5.57. The number of likely N-dealkylation sites (tertiary alicyclic amines) is 1. The number of nitrogens with zero attached hydrogens (tertiary/aromatic N) is 1. The molecule has 0 atom stereocenters. The largest absolute Gasteiger partial charge is 0.301 e. The van der Waals surface area contributed by atoms with E-state index in [-0.39, 0.29) is 0 Å². The van der Waals surface area contributed by atoms with Gasteiger partial charge in [0, 0.05) is 6.54 Å². The molecule has 21 heavy (non-hydrogen) atoms. The maximum absolute atomic E-state index is 12.2. The third-order valence-electron chi connectivity index (χ3n) is 4.26. The van der Waals surface area contributed by atoms with E-state index in [2.05, 4.69) is 9.79 Å². The Morgan fingerprint density at radius 3 is 2.67 bits per heavy atom. The normalized spacial score (nSPS) is 19.0. The molecule has 1 N–H and O–H groups in total. The molecule has 1 aliphatic carbocycles. The zero-order valence-electron chi connectivity index (χ0n) is 12.2. The van der Waals surface area contributed by atoms with Gasteiger partial charge in [-0.3, -0.25) is 4.84 Å². The van der Waals surface area contributed by atoms with Crippen molar-refractivity contribution >= 4 is 10.0 Å². The van der Waals surface area contributed by atoms with Gasteiger partial charge in [-0.05, 0) is 68.5 Å². The van der Waals surface area contributed by atoms with E-state index in [4.69, 9.17) is 4.84 Å². The molecule has 2 aliphatic rings. The summed E-state index contributed by atoms with van der Waals surface area (Å²) >= 11 is 0. The van der Waals surface area contributed by atoms with Gasteiger partial charge in [-0.1, -0.05) is 11.0 Å². The fourth-order valence-electron chi connectivity index (χ4n) is 3.06. The molecule has 1 saturated heterocycles. The van der Waals surface area contributed by atoms with Crippen molar-refractivity contribution in [1.82, 2.24) is 9.79 Å². The van der Waals surface area contributed by atoms with E-state index in [0.717, 1.165) is 44.5 Å². The van der Waals surface area contributed by atoms with Crippen LogP contribution in [0.1, 0.15) is 30.4 Å². The monoisotopic (exact) mass is 310 g/mol. The summed E-state index contributed by atoms with van der Waals surface area (Å²) in [6, 6.07) is 5.35. The summed E-state index contributed by atoms with van der Waals surface area (Å²) in [4.78, 5) is 9.97. The van der Waals surface area contributed by atoms with Crippen molar-refractivity contribution in [2.24, 2.45) is 0 Å². The fraction of sp³-hybridized carbons (Fsp3) is 0.600. The Morgan fingerprint density at radius 2 is 1.86 bits per heavy atom. The Kier molecular flexibility index (Phi) is 4.59. The molecule has 1 fully saturated rings. The molecule has 0 bridgehead atoms. The van der Waals surface area contributed by atoms with E-state index in [9.17, 15) is 8.42 Å². The van der Waals surface area contributed by atoms with E-state index in [1.165, 1.54) is 18.4 Å². The summed E-state index contributed by atoms with van der Waals surface area (Å²) in [5, 5.41) is 0. The lowest BCUT2D eigenvalue weighted by Gasteiger charge is -2.14. The Hall–Kier alpha value is -0.950. The van der Waals surface area contributed by atoms with Crippen molar-refractivity contribution in [3.63, 3.8) is 0 Å². The zero-order valence-corrected chi connectivity index (χ0v) is 13.0. The molecule has 0 amide bonds. The lowest BCUT2D eigenvalue weighted by molar-refractivity contribution is 0.0756. The topological polar surface area (TPSA) is 58.6 Å². The number of sulfonamides is 1. The molecule has 1 heterocycles. The van der Waals surface area contributed by atoms with Gasteiger partial charge in [-0.2, -0.15) is 0 Å². The van der Waals surface area contributed by atoms with Gasteiger partial charge in [0.2, 0.25) is 0 Å². The van der Waals surface area contributed by atoms with Crippen molar-refractivity contribution < 1.29 is 13.3 Å². The minimum absolute atomic E-state index is 0.296. The standard InChI is InChI=1S/C15H22N2O3S/c18-21(19,16-20-11-10-17-8-1-2-9-17)15-7-6-13-4-3-5-14(13)12-15/h6-7,12,16H,1-5,8-11H2. The molecule has 6 heteroatoms. The Labute approximate surface area is 126 Å². The summed E-state index contributed by atoms with van der Waals surface area (Å²) < 4.78 is 24.4. The highest BCUT2D eigenvalue weighted by molar-refractivity contribution is 7.89. The smallest absolute Gasteiger partial charge is 0.262 e. The van der Waals surface area contributed by atoms with Crippen LogP contribution < -0.4 is 4.89 Å². The van der Waals surface area contributed by atoms with Gasteiger partial charge < -0.3 is 4.90 Å². The minimum atomic E-state index is -3.57. The van der Waals surface area contributed by atoms with Crippen molar-refractivity contribution in [3.8, 4) is 0 Å². The second kappa shape index (κ2) is 6.44. The highest BCUT2D eigenvalue weighted by atomic mass is 32.2. The van der Waals surface area contributed by atoms with Crippen molar-refractivity contribution in [3.05, 3.63) is 29.3 Å². The maximum Gasteiger partial charge on any atom is 0.262 e. The van der Waals surface area contributed by atoms with Gasteiger partial charge in [0.1, 0.15) is 0 Å². The molecule has 1 aromatic carbocycles. The molecule has 0 unspecified atom stereocenters. The van der Waals surface area contributed by atoms with Gasteiger partial charge in [-0.25, -0.2) is 8.42 Å². The van der Waals surface area contributed by atoms with Crippen molar-refractivity contribution in [2.45, 2.75) is 37.0 Å². The Bertz CT molecular complexity index is 595. The minimum Gasteiger partial charge on any atom is -0.301 e. The zero-order chi connectivity index (χ0) is 14.7. The lowest BCUT2D eigenvalue weighted by atomic mass is 10.1. The predicted molar refractivity (Wildman–Crippen MR) is 80.4 cm³/mol. The quantitative estimate of drug-likeness (QED) is 0.639. The Balaban J connectivity index is 1.53. The molecule has 5 nitrogen and oxygen atoms in total. The first kappa shape index (κ1) is 15.0. The van der Waals surface area contributed by atoms with Gasteiger partial charge in [0.05, 0.1) is 11.5 Å².